The van der Waals surface area contributed by atoms with Gasteiger partial charge < -0.3 is 19.3 Å². The Hall–Kier alpha value is -3.64. The van der Waals surface area contributed by atoms with E-state index in [0.29, 0.717) is 30.8 Å². The third kappa shape index (κ3) is 4.82. The highest BCUT2D eigenvalue weighted by molar-refractivity contribution is 6.01. The Morgan fingerprint density at radius 2 is 1.74 bits per heavy atom. The molecule has 1 heterocycles. The standard InChI is InChI=1S/C28H31N3O3/c1-19-29-26-24(31(19)4)17-23(28(33)30(2)3)22(15-16-25(32)21-13-9-6-10-14-21)27(26)34-18-20-11-7-5-8-12-20/h5-14,17,25,32H,15-16,18H2,1-4H3/t25-/m1/s1. The van der Waals surface area contributed by atoms with Crippen LogP contribution in [0.25, 0.3) is 11.0 Å². The van der Waals surface area contributed by atoms with Gasteiger partial charge >= 0.3 is 0 Å². The van der Waals surface area contributed by atoms with Crippen LogP contribution in [0.2, 0.25) is 0 Å². The minimum atomic E-state index is -0.647. The summed E-state index contributed by atoms with van der Waals surface area (Å²) < 4.78 is 8.36. The van der Waals surface area contributed by atoms with Gasteiger partial charge in [-0.3, -0.25) is 4.79 Å². The van der Waals surface area contributed by atoms with Gasteiger partial charge in [0.05, 0.1) is 11.6 Å². The molecule has 0 aliphatic heterocycles. The average molecular weight is 458 g/mol. The number of imidazole rings is 1. The second-order valence-electron chi connectivity index (χ2n) is 8.76. The summed E-state index contributed by atoms with van der Waals surface area (Å²) in [6, 6.07) is 21.4. The number of aliphatic hydroxyl groups excluding tert-OH is 1. The Morgan fingerprint density at radius 3 is 2.38 bits per heavy atom. The van der Waals surface area contributed by atoms with Gasteiger partial charge in [-0.2, -0.15) is 0 Å². The molecule has 4 rings (SSSR count). The highest BCUT2D eigenvalue weighted by Gasteiger charge is 2.24. The van der Waals surface area contributed by atoms with E-state index in [2.05, 4.69) is 0 Å². The maximum Gasteiger partial charge on any atom is 0.253 e. The lowest BCUT2D eigenvalue weighted by Gasteiger charge is -2.20. The number of aryl methyl sites for hydroxylation is 2. The number of benzene rings is 3. The van der Waals surface area contributed by atoms with Gasteiger partial charge in [0.1, 0.15) is 17.9 Å². The molecule has 3 aromatic carbocycles. The zero-order valence-corrected chi connectivity index (χ0v) is 20.2. The predicted octanol–water partition coefficient (Wildman–Crippen LogP) is 4.83. The quantitative estimate of drug-likeness (QED) is 0.412. The molecule has 0 aliphatic rings. The third-order valence-electron chi connectivity index (χ3n) is 6.17. The van der Waals surface area contributed by atoms with Crippen LogP contribution in [0.3, 0.4) is 0 Å². The number of ether oxygens (including phenoxy) is 1. The summed E-state index contributed by atoms with van der Waals surface area (Å²) in [5.41, 5.74) is 4.81. The third-order valence-corrected chi connectivity index (χ3v) is 6.17. The summed E-state index contributed by atoms with van der Waals surface area (Å²) in [7, 11) is 5.43. The van der Waals surface area contributed by atoms with Crippen molar-refractivity contribution in [3.05, 3.63) is 94.8 Å². The molecule has 0 aliphatic carbocycles. The lowest BCUT2D eigenvalue weighted by Crippen LogP contribution is -2.23. The van der Waals surface area contributed by atoms with Gasteiger partial charge in [0.2, 0.25) is 0 Å². The van der Waals surface area contributed by atoms with E-state index < -0.39 is 6.10 Å². The molecular weight excluding hydrogens is 426 g/mol. The highest BCUT2D eigenvalue weighted by atomic mass is 16.5. The SMILES string of the molecule is Cc1nc2c(OCc3ccccc3)c(CC[C@@H](O)c3ccccc3)c(C(=O)N(C)C)cc2n1C. The zero-order chi connectivity index (χ0) is 24.2. The monoisotopic (exact) mass is 457 g/mol. The fraction of sp³-hybridized carbons (Fsp3) is 0.286. The minimum absolute atomic E-state index is 0.102. The normalized spacial score (nSPS) is 12.0. The fourth-order valence-electron chi connectivity index (χ4n) is 4.14. The summed E-state index contributed by atoms with van der Waals surface area (Å²) in [5.74, 6) is 1.34. The topological polar surface area (TPSA) is 67.6 Å². The Bertz CT molecular complexity index is 1280. The van der Waals surface area contributed by atoms with Crippen LogP contribution in [-0.2, 0) is 20.1 Å². The lowest BCUT2D eigenvalue weighted by molar-refractivity contribution is 0.0825. The Morgan fingerprint density at radius 1 is 1.09 bits per heavy atom. The van der Waals surface area contributed by atoms with Crippen LogP contribution in [0.5, 0.6) is 5.75 Å². The minimum Gasteiger partial charge on any atom is -0.486 e. The molecule has 0 fully saturated rings. The Balaban J connectivity index is 1.80. The number of nitrogens with zero attached hydrogens (tertiary/aromatic N) is 3. The molecule has 0 saturated carbocycles. The van der Waals surface area contributed by atoms with E-state index >= 15 is 0 Å². The number of hydrogen-bond donors (Lipinski definition) is 1. The fourth-order valence-corrected chi connectivity index (χ4v) is 4.14. The van der Waals surface area contributed by atoms with Gasteiger partial charge in [0.25, 0.3) is 5.91 Å². The summed E-state index contributed by atoms with van der Waals surface area (Å²) in [4.78, 5) is 19.6. The highest BCUT2D eigenvalue weighted by Crippen LogP contribution is 2.36. The second-order valence-corrected chi connectivity index (χ2v) is 8.76. The average Bonchev–Trinajstić information content (AvgIpc) is 3.14. The van der Waals surface area contributed by atoms with Crippen molar-refractivity contribution in [1.29, 1.82) is 0 Å². The van der Waals surface area contributed by atoms with Gasteiger partial charge in [0.15, 0.2) is 5.75 Å². The number of carbonyl (C=O) groups is 1. The van der Waals surface area contributed by atoms with Crippen molar-refractivity contribution >= 4 is 16.9 Å². The number of fused-ring (bicyclic) bond motifs is 1. The van der Waals surface area contributed by atoms with E-state index in [-0.39, 0.29) is 5.91 Å². The first-order valence-corrected chi connectivity index (χ1v) is 11.5. The number of aliphatic hydroxyl groups is 1. The largest absolute Gasteiger partial charge is 0.486 e. The molecule has 1 amide bonds. The molecule has 0 radical (unpaired) electrons. The van der Waals surface area contributed by atoms with Gasteiger partial charge in [0, 0.05) is 32.3 Å². The van der Waals surface area contributed by atoms with Crippen molar-refractivity contribution in [2.24, 2.45) is 7.05 Å². The summed E-state index contributed by atoms with van der Waals surface area (Å²) in [6.45, 7) is 2.30. The van der Waals surface area contributed by atoms with Crippen LogP contribution < -0.4 is 4.74 Å². The van der Waals surface area contributed by atoms with Gasteiger partial charge in [-0.1, -0.05) is 60.7 Å². The summed E-state index contributed by atoms with van der Waals surface area (Å²) in [6.07, 6.45) is 0.281. The zero-order valence-electron chi connectivity index (χ0n) is 20.2. The van der Waals surface area contributed by atoms with Gasteiger partial charge in [-0.25, -0.2) is 4.98 Å². The molecule has 0 spiro atoms. The number of hydrogen-bond acceptors (Lipinski definition) is 4. The summed E-state index contributed by atoms with van der Waals surface area (Å²) >= 11 is 0. The predicted molar refractivity (Wildman–Crippen MR) is 134 cm³/mol. The van der Waals surface area contributed by atoms with Crippen LogP contribution in [-0.4, -0.2) is 39.6 Å². The van der Waals surface area contributed by atoms with Crippen molar-refractivity contribution in [1.82, 2.24) is 14.5 Å². The van der Waals surface area contributed by atoms with Crippen molar-refractivity contribution < 1.29 is 14.6 Å². The molecular formula is C28H31N3O3. The van der Waals surface area contributed by atoms with E-state index in [1.807, 2.05) is 85.3 Å². The number of aromatic nitrogens is 2. The van der Waals surface area contributed by atoms with E-state index in [0.717, 1.165) is 33.5 Å². The van der Waals surface area contributed by atoms with Gasteiger partial charge in [-0.15, -0.1) is 0 Å². The molecule has 4 aromatic rings. The summed E-state index contributed by atoms with van der Waals surface area (Å²) in [5, 5.41) is 10.8. The second kappa shape index (κ2) is 10.1. The number of rotatable bonds is 8. The number of carbonyl (C=O) groups excluding carboxylic acids is 1. The molecule has 1 atom stereocenters. The molecule has 0 bridgehead atoms. The van der Waals surface area contributed by atoms with Crippen molar-refractivity contribution in [2.45, 2.75) is 32.5 Å². The molecule has 34 heavy (non-hydrogen) atoms. The number of amides is 1. The first kappa shape index (κ1) is 23.5. The van der Waals surface area contributed by atoms with E-state index in [1.54, 1.807) is 19.0 Å². The maximum atomic E-state index is 13.2. The molecule has 1 N–H and O–H groups in total. The Labute approximate surface area is 200 Å². The molecule has 0 saturated heterocycles. The molecule has 6 heteroatoms. The van der Waals surface area contributed by atoms with Crippen LogP contribution in [0.15, 0.2) is 66.7 Å². The van der Waals surface area contributed by atoms with Crippen LogP contribution in [0.1, 0.15) is 45.4 Å². The lowest BCUT2D eigenvalue weighted by atomic mass is 9.95. The first-order chi connectivity index (χ1) is 16.4. The van der Waals surface area contributed by atoms with Crippen LogP contribution in [0, 0.1) is 6.92 Å². The molecule has 6 nitrogen and oxygen atoms in total. The van der Waals surface area contributed by atoms with Crippen molar-refractivity contribution in [2.75, 3.05) is 14.1 Å². The van der Waals surface area contributed by atoms with Gasteiger partial charge in [-0.05, 0) is 37.0 Å². The van der Waals surface area contributed by atoms with Crippen molar-refractivity contribution in [3.63, 3.8) is 0 Å². The van der Waals surface area contributed by atoms with E-state index in [1.165, 1.54) is 0 Å². The molecule has 176 valence electrons. The Kier molecular flexibility index (Phi) is 6.98. The smallest absolute Gasteiger partial charge is 0.253 e. The maximum absolute atomic E-state index is 13.2. The van der Waals surface area contributed by atoms with Crippen LogP contribution in [0.4, 0.5) is 0 Å². The van der Waals surface area contributed by atoms with E-state index in [4.69, 9.17) is 9.72 Å². The molecule has 1 aromatic heterocycles. The molecule has 0 unspecified atom stereocenters. The van der Waals surface area contributed by atoms with E-state index in [9.17, 15) is 9.90 Å². The van der Waals surface area contributed by atoms with Crippen molar-refractivity contribution in [3.8, 4) is 5.75 Å². The van der Waals surface area contributed by atoms with Crippen LogP contribution >= 0.6 is 0 Å². The first-order valence-electron chi connectivity index (χ1n) is 11.5.